The monoisotopic (exact) mass is 293 g/mol. The lowest BCUT2D eigenvalue weighted by Crippen LogP contribution is -2.46. The third-order valence-electron chi connectivity index (χ3n) is 4.95. The van der Waals surface area contributed by atoms with E-state index < -0.39 is 0 Å². The number of anilines is 1. The predicted octanol–water partition coefficient (Wildman–Crippen LogP) is 4.62. The molecule has 0 saturated heterocycles. The average Bonchev–Trinajstić information content (AvgIpc) is 2.49. The fourth-order valence-electron chi connectivity index (χ4n) is 3.37. The number of hydrogen-bond acceptors (Lipinski definition) is 1. The summed E-state index contributed by atoms with van der Waals surface area (Å²) in [6, 6.07) is 16.4. The van der Waals surface area contributed by atoms with Gasteiger partial charge in [-0.2, -0.15) is 0 Å². The highest BCUT2D eigenvalue weighted by molar-refractivity contribution is 6.01. The molecule has 1 N–H and O–H groups in total. The first-order valence-corrected chi connectivity index (χ1v) is 8.13. The summed E-state index contributed by atoms with van der Waals surface area (Å²) in [6.07, 6.45) is 3.93. The Morgan fingerprint density at radius 2 is 1.82 bits per heavy atom. The van der Waals surface area contributed by atoms with Gasteiger partial charge in [0.1, 0.15) is 0 Å². The van der Waals surface area contributed by atoms with Crippen molar-refractivity contribution < 1.29 is 4.79 Å². The summed E-state index contributed by atoms with van der Waals surface area (Å²) in [6.45, 7) is 4.19. The molecule has 0 aliphatic heterocycles. The summed E-state index contributed by atoms with van der Waals surface area (Å²) in [5, 5.41) is 3.23. The minimum absolute atomic E-state index is 0.147. The van der Waals surface area contributed by atoms with Gasteiger partial charge in [-0.3, -0.25) is 4.79 Å². The number of rotatable bonds is 4. The molecule has 1 amide bonds. The smallest absolute Gasteiger partial charge is 0.235 e. The molecule has 0 heterocycles. The number of carbonyl (C=O) groups is 1. The standard InChI is InChI=1S/C20H23NO/c1-3-16-10-7-9-15(2)18(16)21-19(22)20(13-8-14-20)17-11-5-4-6-12-17/h4-7,9-12H,3,8,13-14H2,1-2H3,(H,21,22). The Labute approximate surface area is 132 Å². The second-order valence-corrected chi connectivity index (χ2v) is 6.22. The minimum Gasteiger partial charge on any atom is -0.325 e. The molecule has 2 heteroatoms. The minimum atomic E-state index is -0.339. The molecule has 2 nitrogen and oxygen atoms in total. The second-order valence-electron chi connectivity index (χ2n) is 6.22. The molecular formula is C20H23NO. The first-order chi connectivity index (χ1) is 10.7. The van der Waals surface area contributed by atoms with Crippen molar-refractivity contribution in [3.05, 3.63) is 65.2 Å². The van der Waals surface area contributed by atoms with E-state index in [-0.39, 0.29) is 11.3 Å². The van der Waals surface area contributed by atoms with Crippen LogP contribution in [0.4, 0.5) is 5.69 Å². The fraction of sp³-hybridized carbons (Fsp3) is 0.350. The number of aryl methyl sites for hydroxylation is 2. The van der Waals surface area contributed by atoms with Gasteiger partial charge >= 0.3 is 0 Å². The molecule has 1 fully saturated rings. The van der Waals surface area contributed by atoms with E-state index in [1.807, 2.05) is 18.2 Å². The largest absolute Gasteiger partial charge is 0.325 e. The number of carbonyl (C=O) groups excluding carboxylic acids is 1. The maximum absolute atomic E-state index is 13.0. The van der Waals surface area contributed by atoms with E-state index in [0.29, 0.717) is 0 Å². The van der Waals surface area contributed by atoms with Crippen molar-refractivity contribution in [3.63, 3.8) is 0 Å². The summed E-state index contributed by atoms with van der Waals surface area (Å²) in [7, 11) is 0. The van der Waals surface area contributed by atoms with E-state index in [1.54, 1.807) is 0 Å². The lowest BCUT2D eigenvalue weighted by atomic mass is 9.63. The molecule has 114 valence electrons. The molecule has 0 bridgehead atoms. The Balaban J connectivity index is 1.91. The van der Waals surface area contributed by atoms with Crippen LogP contribution in [-0.2, 0) is 16.6 Å². The van der Waals surface area contributed by atoms with Gasteiger partial charge in [-0.25, -0.2) is 0 Å². The van der Waals surface area contributed by atoms with Crippen LogP contribution < -0.4 is 5.32 Å². The van der Waals surface area contributed by atoms with Crippen molar-refractivity contribution in [3.8, 4) is 0 Å². The molecule has 1 aliphatic rings. The number of amides is 1. The molecule has 2 aromatic carbocycles. The molecule has 22 heavy (non-hydrogen) atoms. The number of nitrogens with one attached hydrogen (secondary N) is 1. The maximum Gasteiger partial charge on any atom is 0.235 e. The summed E-state index contributed by atoms with van der Waals surface area (Å²) in [5.74, 6) is 0.147. The predicted molar refractivity (Wildman–Crippen MR) is 91.2 cm³/mol. The molecule has 0 aromatic heterocycles. The van der Waals surface area contributed by atoms with Crippen LogP contribution in [0.5, 0.6) is 0 Å². The average molecular weight is 293 g/mol. The number of para-hydroxylation sites is 1. The third kappa shape index (κ3) is 2.43. The van der Waals surface area contributed by atoms with Gasteiger partial charge in [-0.05, 0) is 42.9 Å². The zero-order chi connectivity index (χ0) is 15.6. The van der Waals surface area contributed by atoms with Crippen molar-refractivity contribution in [2.75, 3.05) is 5.32 Å². The molecule has 2 aromatic rings. The van der Waals surface area contributed by atoms with Crippen molar-refractivity contribution in [1.82, 2.24) is 0 Å². The Bertz CT molecular complexity index is 671. The molecule has 0 spiro atoms. The summed E-state index contributed by atoms with van der Waals surface area (Å²) in [4.78, 5) is 13.0. The van der Waals surface area contributed by atoms with Gasteiger partial charge in [-0.1, -0.05) is 61.9 Å². The molecule has 0 unspecified atom stereocenters. The summed E-state index contributed by atoms with van der Waals surface area (Å²) < 4.78 is 0. The van der Waals surface area contributed by atoms with E-state index >= 15 is 0 Å². The lowest BCUT2D eigenvalue weighted by molar-refractivity contribution is -0.124. The van der Waals surface area contributed by atoms with E-state index in [4.69, 9.17) is 0 Å². The van der Waals surface area contributed by atoms with Gasteiger partial charge in [0.15, 0.2) is 0 Å². The third-order valence-corrected chi connectivity index (χ3v) is 4.95. The topological polar surface area (TPSA) is 29.1 Å². The van der Waals surface area contributed by atoms with Crippen LogP contribution in [0, 0.1) is 6.92 Å². The molecule has 3 rings (SSSR count). The Morgan fingerprint density at radius 3 is 2.41 bits per heavy atom. The van der Waals surface area contributed by atoms with Gasteiger partial charge in [0.2, 0.25) is 5.91 Å². The van der Waals surface area contributed by atoms with Gasteiger partial charge in [0.05, 0.1) is 5.41 Å². The first-order valence-electron chi connectivity index (χ1n) is 8.13. The van der Waals surface area contributed by atoms with E-state index in [0.717, 1.165) is 42.5 Å². The fourth-order valence-corrected chi connectivity index (χ4v) is 3.37. The van der Waals surface area contributed by atoms with Crippen molar-refractivity contribution >= 4 is 11.6 Å². The number of benzene rings is 2. The van der Waals surface area contributed by atoms with Crippen LogP contribution in [0.3, 0.4) is 0 Å². The van der Waals surface area contributed by atoms with Gasteiger partial charge < -0.3 is 5.32 Å². The lowest BCUT2D eigenvalue weighted by Gasteiger charge is -2.41. The van der Waals surface area contributed by atoms with Crippen molar-refractivity contribution in [2.24, 2.45) is 0 Å². The quantitative estimate of drug-likeness (QED) is 0.875. The molecule has 0 radical (unpaired) electrons. The van der Waals surface area contributed by atoms with E-state index in [2.05, 4.69) is 49.5 Å². The van der Waals surface area contributed by atoms with Crippen LogP contribution >= 0.6 is 0 Å². The molecule has 0 atom stereocenters. The summed E-state index contributed by atoms with van der Waals surface area (Å²) in [5.41, 5.74) is 4.14. The van der Waals surface area contributed by atoms with Crippen LogP contribution in [-0.4, -0.2) is 5.91 Å². The zero-order valence-corrected chi connectivity index (χ0v) is 13.4. The highest BCUT2D eigenvalue weighted by Gasteiger charge is 2.45. The van der Waals surface area contributed by atoms with E-state index in [9.17, 15) is 4.79 Å². The van der Waals surface area contributed by atoms with E-state index in [1.165, 1.54) is 5.56 Å². The van der Waals surface area contributed by atoms with Crippen LogP contribution in [0.25, 0.3) is 0 Å². The normalized spacial score (nSPS) is 15.9. The van der Waals surface area contributed by atoms with Gasteiger partial charge in [-0.15, -0.1) is 0 Å². The second kappa shape index (κ2) is 5.96. The Hall–Kier alpha value is -2.09. The highest BCUT2D eigenvalue weighted by Crippen LogP contribution is 2.44. The number of hydrogen-bond donors (Lipinski definition) is 1. The van der Waals surface area contributed by atoms with Crippen LogP contribution in [0.1, 0.15) is 42.9 Å². The van der Waals surface area contributed by atoms with Gasteiger partial charge in [0.25, 0.3) is 0 Å². The maximum atomic E-state index is 13.0. The van der Waals surface area contributed by atoms with Crippen LogP contribution in [0.15, 0.2) is 48.5 Å². The summed E-state index contributed by atoms with van der Waals surface area (Å²) >= 11 is 0. The van der Waals surface area contributed by atoms with Crippen molar-refractivity contribution in [1.29, 1.82) is 0 Å². The van der Waals surface area contributed by atoms with Crippen molar-refractivity contribution in [2.45, 2.75) is 44.9 Å². The Kier molecular flexibility index (Phi) is 4.02. The first kappa shape index (κ1) is 14.8. The molecule has 1 aliphatic carbocycles. The zero-order valence-electron chi connectivity index (χ0n) is 13.4. The molecule has 1 saturated carbocycles. The molecular weight excluding hydrogens is 270 g/mol. The SMILES string of the molecule is CCc1cccc(C)c1NC(=O)C1(c2ccccc2)CCC1. The highest BCUT2D eigenvalue weighted by atomic mass is 16.2. The van der Waals surface area contributed by atoms with Gasteiger partial charge in [0, 0.05) is 5.69 Å². The van der Waals surface area contributed by atoms with Crippen LogP contribution in [0.2, 0.25) is 0 Å². The Morgan fingerprint density at radius 1 is 1.09 bits per heavy atom.